The molecule has 4 rings (SSSR count). The predicted molar refractivity (Wildman–Crippen MR) is 110 cm³/mol. The quantitative estimate of drug-likeness (QED) is 0.510. The number of nitrogens with zero attached hydrogens (tertiary/aromatic N) is 3. The molecule has 1 atom stereocenters. The van der Waals surface area contributed by atoms with Crippen LogP contribution < -0.4 is 14.2 Å². The molecule has 0 saturated carbocycles. The Morgan fingerprint density at radius 1 is 0.938 bits per heavy atom. The van der Waals surface area contributed by atoms with Gasteiger partial charge in [-0.05, 0) is 17.2 Å². The molecule has 1 aliphatic rings. The van der Waals surface area contributed by atoms with Crippen LogP contribution in [0.4, 0.5) is 0 Å². The van der Waals surface area contributed by atoms with Gasteiger partial charge in [0.25, 0.3) is 0 Å². The van der Waals surface area contributed by atoms with Crippen molar-refractivity contribution in [2.24, 2.45) is 0 Å². The maximum absolute atomic E-state index is 13.2. The van der Waals surface area contributed by atoms with Crippen molar-refractivity contribution in [1.29, 1.82) is 0 Å². The van der Waals surface area contributed by atoms with E-state index < -0.39 is 18.0 Å². The molecule has 1 aromatic heterocycles. The molecule has 0 N–H and O–H groups in total. The number of rotatable bonds is 7. The van der Waals surface area contributed by atoms with E-state index in [9.17, 15) is 9.59 Å². The number of carbonyl (C=O) groups excluding carboxylic acids is 2. The molecular formula is C22H19N3O7. The summed E-state index contributed by atoms with van der Waals surface area (Å²) in [5.41, 5.74) is 1.41. The van der Waals surface area contributed by atoms with Crippen molar-refractivity contribution in [3.8, 4) is 34.9 Å². The van der Waals surface area contributed by atoms with Gasteiger partial charge in [0.1, 0.15) is 11.3 Å². The van der Waals surface area contributed by atoms with Gasteiger partial charge >= 0.3 is 30.0 Å². The highest BCUT2D eigenvalue weighted by Crippen LogP contribution is 2.34. The molecule has 10 heteroatoms. The summed E-state index contributed by atoms with van der Waals surface area (Å²) in [6.07, 6.45) is -0.688. The van der Waals surface area contributed by atoms with Crippen molar-refractivity contribution >= 4 is 11.9 Å². The monoisotopic (exact) mass is 437 g/mol. The van der Waals surface area contributed by atoms with Gasteiger partial charge < -0.3 is 23.7 Å². The van der Waals surface area contributed by atoms with Gasteiger partial charge in [0.2, 0.25) is 6.10 Å². The van der Waals surface area contributed by atoms with E-state index in [0.717, 1.165) is 5.56 Å². The Hall–Kier alpha value is -4.21. The second kappa shape index (κ2) is 9.29. The number of benzene rings is 2. The van der Waals surface area contributed by atoms with Crippen LogP contribution in [0.5, 0.6) is 23.8 Å². The van der Waals surface area contributed by atoms with Gasteiger partial charge in [-0.1, -0.05) is 42.5 Å². The van der Waals surface area contributed by atoms with Crippen molar-refractivity contribution in [1.82, 2.24) is 15.0 Å². The van der Waals surface area contributed by atoms with Gasteiger partial charge in [-0.15, -0.1) is 15.0 Å². The molecule has 164 valence electrons. The largest absolute Gasteiger partial charge is 0.467 e. The Morgan fingerprint density at radius 2 is 1.62 bits per heavy atom. The Kier molecular flexibility index (Phi) is 6.11. The predicted octanol–water partition coefficient (Wildman–Crippen LogP) is 2.82. The summed E-state index contributed by atoms with van der Waals surface area (Å²) in [6, 6.07) is 14.1. The van der Waals surface area contributed by atoms with Gasteiger partial charge in [-0.2, -0.15) is 0 Å². The highest BCUT2D eigenvalue weighted by molar-refractivity contribution is 6.01. The molecule has 0 spiro atoms. The number of ether oxygens (including phenoxy) is 5. The lowest BCUT2D eigenvalue weighted by molar-refractivity contribution is -0.145. The van der Waals surface area contributed by atoms with Crippen LogP contribution in [0.1, 0.15) is 16.8 Å². The van der Waals surface area contributed by atoms with Gasteiger partial charge in [0, 0.05) is 6.42 Å². The van der Waals surface area contributed by atoms with Crippen molar-refractivity contribution in [3.63, 3.8) is 0 Å². The highest BCUT2D eigenvalue weighted by Gasteiger charge is 2.32. The van der Waals surface area contributed by atoms with Crippen LogP contribution in [0.15, 0.2) is 48.5 Å². The third kappa shape index (κ3) is 4.43. The molecule has 0 bridgehead atoms. The molecule has 1 saturated heterocycles. The third-order valence-corrected chi connectivity index (χ3v) is 4.59. The average Bonchev–Trinajstić information content (AvgIpc) is 3.23. The number of hydrogen-bond acceptors (Lipinski definition) is 10. The molecule has 1 aliphatic heterocycles. The fourth-order valence-electron chi connectivity index (χ4n) is 3.10. The van der Waals surface area contributed by atoms with E-state index in [1.165, 1.54) is 14.2 Å². The lowest BCUT2D eigenvalue weighted by Gasteiger charge is -2.16. The SMILES string of the molecule is COc1nc(OC)nc(Oc2cccc(-c3ccccc3)c2C(=O)OC2CCOC2=O)n1. The number of methoxy groups -OCH3 is 2. The number of aromatic nitrogens is 3. The van der Waals surface area contributed by atoms with E-state index in [0.29, 0.717) is 5.56 Å². The maximum Gasteiger partial charge on any atom is 0.347 e. The van der Waals surface area contributed by atoms with Gasteiger partial charge in [0.15, 0.2) is 0 Å². The second-order valence-corrected chi connectivity index (χ2v) is 6.59. The molecule has 0 radical (unpaired) electrons. The van der Waals surface area contributed by atoms with Crippen molar-refractivity contribution in [2.45, 2.75) is 12.5 Å². The zero-order valence-electron chi connectivity index (χ0n) is 17.3. The van der Waals surface area contributed by atoms with Crippen molar-refractivity contribution in [3.05, 3.63) is 54.1 Å². The number of hydrogen-bond donors (Lipinski definition) is 0. The maximum atomic E-state index is 13.2. The first-order valence-corrected chi connectivity index (χ1v) is 9.67. The second-order valence-electron chi connectivity index (χ2n) is 6.59. The summed E-state index contributed by atoms with van der Waals surface area (Å²) in [6.45, 7) is 0.199. The van der Waals surface area contributed by atoms with E-state index in [1.54, 1.807) is 18.2 Å². The fraction of sp³-hybridized carbons (Fsp3) is 0.227. The topological polar surface area (TPSA) is 119 Å². The lowest BCUT2D eigenvalue weighted by Crippen LogP contribution is -2.23. The van der Waals surface area contributed by atoms with E-state index in [4.69, 9.17) is 23.7 Å². The summed E-state index contributed by atoms with van der Waals surface area (Å²) in [4.78, 5) is 37.0. The van der Waals surface area contributed by atoms with Crippen LogP contribution in [0.2, 0.25) is 0 Å². The highest BCUT2D eigenvalue weighted by atomic mass is 16.6. The minimum absolute atomic E-state index is 0.0242. The van der Waals surface area contributed by atoms with Gasteiger partial charge in [0.05, 0.1) is 20.8 Å². The zero-order chi connectivity index (χ0) is 22.5. The van der Waals surface area contributed by atoms with Crippen LogP contribution in [-0.4, -0.2) is 53.8 Å². The minimum Gasteiger partial charge on any atom is -0.467 e. The normalized spacial score (nSPS) is 15.1. The molecule has 2 aromatic carbocycles. The molecule has 0 aliphatic carbocycles. The Morgan fingerprint density at radius 3 is 2.25 bits per heavy atom. The molecule has 1 fully saturated rings. The summed E-state index contributed by atoms with van der Waals surface area (Å²) >= 11 is 0. The molecule has 10 nitrogen and oxygen atoms in total. The van der Waals surface area contributed by atoms with Crippen LogP contribution >= 0.6 is 0 Å². The third-order valence-electron chi connectivity index (χ3n) is 4.59. The van der Waals surface area contributed by atoms with E-state index in [-0.39, 0.29) is 42.4 Å². The van der Waals surface area contributed by atoms with Crippen molar-refractivity contribution in [2.75, 3.05) is 20.8 Å². The standard InChI is InChI=1S/C22H19N3O7/c1-28-20-23-21(29-2)25-22(24-20)32-15-10-6-9-14(13-7-4-3-5-8-13)17(15)19(27)31-16-11-12-30-18(16)26/h3-10,16H,11-12H2,1-2H3. The molecule has 2 heterocycles. The summed E-state index contributed by atoms with van der Waals surface area (Å²) in [5, 5.41) is 0. The molecule has 0 amide bonds. The van der Waals surface area contributed by atoms with Crippen LogP contribution in [-0.2, 0) is 14.3 Å². The van der Waals surface area contributed by atoms with Crippen LogP contribution in [0, 0.1) is 0 Å². The van der Waals surface area contributed by atoms with Crippen LogP contribution in [0.3, 0.4) is 0 Å². The van der Waals surface area contributed by atoms with Crippen molar-refractivity contribution < 1.29 is 33.3 Å². The Bertz CT molecular complexity index is 1120. The lowest BCUT2D eigenvalue weighted by atomic mass is 9.99. The van der Waals surface area contributed by atoms with Gasteiger partial charge in [-0.25, -0.2) is 9.59 Å². The minimum atomic E-state index is -0.975. The first-order valence-electron chi connectivity index (χ1n) is 9.67. The van der Waals surface area contributed by atoms with E-state index >= 15 is 0 Å². The molecular weight excluding hydrogens is 418 g/mol. The summed E-state index contributed by atoms with van der Waals surface area (Å²) in [7, 11) is 2.77. The Labute approximate surface area is 183 Å². The molecule has 1 unspecified atom stereocenters. The molecule has 32 heavy (non-hydrogen) atoms. The van der Waals surface area contributed by atoms with E-state index in [2.05, 4.69) is 15.0 Å². The summed E-state index contributed by atoms with van der Waals surface area (Å²) in [5.74, 6) is -1.20. The molecule has 3 aromatic rings. The number of esters is 2. The van der Waals surface area contributed by atoms with Crippen LogP contribution in [0.25, 0.3) is 11.1 Å². The van der Waals surface area contributed by atoms with E-state index in [1.807, 2.05) is 30.3 Å². The first-order chi connectivity index (χ1) is 15.6. The number of carbonyl (C=O) groups is 2. The zero-order valence-corrected chi connectivity index (χ0v) is 17.3. The average molecular weight is 437 g/mol. The number of cyclic esters (lactones) is 1. The first kappa shape index (κ1) is 21.0. The van der Waals surface area contributed by atoms with Gasteiger partial charge in [-0.3, -0.25) is 0 Å². The fourth-order valence-corrected chi connectivity index (χ4v) is 3.10. The smallest absolute Gasteiger partial charge is 0.347 e. The Balaban J connectivity index is 1.76. The summed E-state index contributed by atoms with van der Waals surface area (Å²) < 4.78 is 26.2.